The summed E-state index contributed by atoms with van der Waals surface area (Å²) >= 11 is 0. The van der Waals surface area contributed by atoms with Crippen molar-refractivity contribution in [3.8, 4) is 0 Å². The fraction of sp³-hybridized carbons (Fsp3) is 0.533. The Bertz CT molecular complexity index is 445. The largest absolute Gasteiger partial charge is 0.310 e. The minimum atomic E-state index is -0.481. The molecule has 2 rings (SSSR count). The van der Waals surface area contributed by atoms with Crippen molar-refractivity contribution in [3.05, 3.63) is 29.3 Å². The number of aryl methyl sites for hydroxylation is 2. The van der Waals surface area contributed by atoms with Gasteiger partial charge in [-0.2, -0.15) is 0 Å². The predicted molar refractivity (Wildman–Crippen MR) is 75.0 cm³/mol. The number of rotatable bonds is 1. The van der Waals surface area contributed by atoms with E-state index in [4.69, 9.17) is 0 Å². The number of anilines is 1. The number of amides is 1. The van der Waals surface area contributed by atoms with Gasteiger partial charge in [0.15, 0.2) is 0 Å². The maximum absolute atomic E-state index is 12.6. The summed E-state index contributed by atoms with van der Waals surface area (Å²) in [4.78, 5) is 14.6. The van der Waals surface area contributed by atoms with Crippen molar-refractivity contribution in [1.29, 1.82) is 0 Å². The minimum Gasteiger partial charge on any atom is -0.310 e. The van der Waals surface area contributed by atoms with Gasteiger partial charge >= 0.3 is 0 Å². The molecule has 0 radical (unpaired) electrons. The zero-order valence-corrected chi connectivity index (χ0v) is 11.7. The van der Waals surface area contributed by atoms with Crippen molar-refractivity contribution in [2.24, 2.45) is 0 Å². The lowest BCUT2D eigenvalue weighted by molar-refractivity contribution is -0.123. The lowest BCUT2D eigenvalue weighted by Gasteiger charge is -2.31. The van der Waals surface area contributed by atoms with E-state index in [2.05, 4.69) is 31.3 Å². The number of hydrogen-bond acceptors (Lipinski definition) is 2. The van der Waals surface area contributed by atoms with Gasteiger partial charge < -0.3 is 10.2 Å². The van der Waals surface area contributed by atoms with Crippen molar-refractivity contribution in [3.63, 3.8) is 0 Å². The van der Waals surface area contributed by atoms with E-state index >= 15 is 0 Å². The third-order valence-electron chi connectivity index (χ3n) is 3.61. The molecule has 0 atom stereocenters. The molecule has 0 unspecified atom stereocenters. The highest BCUT2D eigenvalue weighted by atomic mass is 16.2. The summed E-state index contributed by atoms with van der Waals surface area (Å²) in [6.45, 7) is 9.74. The van der Waals surface area contributed by atoms with E-state index in [0.717, 1.165) is 25.2 Å². The molecule has 3 nitrogen and oxygen atoms in total. The number of nitrogens with one attached hydrogen (secondary N) is 1. The van der Waals surface area contributed by atoms with Gasteiger partial charge in [0, 0.05) is 12.2 Å². The Morgan fingerprint density at radius 3 is 2.44 bits per heavy atom. The predicted octanol–water partition coefficient (Wildman–Crippen LogP) is 2.41. The molecule has 1 saturated heterocycles. The smallest absolute Gasteiger partial charge is 0.246 e. The van der Waals surface area contributed by atoms with E-state index in [1.807, 2.05) is 24.8 Å². The van der Waals surface area contributed by atoms with E-state index in [1.54, 1.807) is 0 Å². The van der Waals surface area contributed by atoms with Gasteiger partial charge in [-0.05, 0) is 51.8 Å². The first kappa shape index (κ1) is 13.1. The van der Waals surface area contributed by atoms with Gasteiger partial charge in [0.25, 0.3) is 0 Å². The molecule has 1 N–H and O–H groups in total. The Hall–Kier alpha value is -1.35. The van der Waals surface area contributed by atoms with E-state index in [-0.39, 0.29) is 5.91 Å². The second-order valence-corrected chi connectivity index (χ2v) is 5.60. The molecule has 18 heavy (non-hydrogen) atoms. The molecule has 1 aromatic rings. The van der Waals surface area contributed by atoms with Gasteiger partial charge in [0.05, 0.1) is 5.54 Å². The van der Waals surface area contributed by atoms with Crippen molar-refractivity contribution in [2.45, 2.75) is 39.7 Å². The Labute approximate surface area is 109 Å². The maximum Gasteiger partial charge on any atom is 0.246 e. The Morgan fingerprint density at radius 2 is 1.83 bits per heavy atom. The van der Waals surface area contributed by atoms with Crippen LogP contribution in [-0.4, -0.2) is 24.5 Å². The van der Waals surface area contributed by atoms with Gasteiger partial charge in [0.1, 0.15) is 0 Å². The Balaban J connectivity index is 2.45. The minimum absolute atomic E-state index is 0.164. The van der Waals surface area contributed by atoms with Gasteiger partial charge in [-0.25, -0.2) is 0 Å². The zero-order valence-electron chi connectivity index (χ0n) is 11.7. The van der Waals surface area contributed by atoms with Crippen LogP contribution in [0, 0.1) is 13.8 Å². The summed E-state index contributed by atoms with van der Waals surface area (Å²) in [5.41, 5.74) is 2.94. The molecule has 0 spiro atoms. The van der Waals surface area contributed by atoms with Crippen LogP contribution >= 0.6 is 0 Å². The fourth-order valence-electron chi connectivity index (χ4n) is 2.60. The molecule has 1 fully saturated rings. The van der Waals surface area contributed by atoms with Crippen LogP contribution in [0.4, 0.5) is 5.69 Å². The standard InChI is InChI=1S/C15H22N2O/c1-11-7-5-8-12(2)13(11)17-10-6-9-16-15(3,4)14(17)18/h5,7-8,16H,6,9-10H2,1-4H3. The lowest BCUT2D eigenvalue weighted by atomic mass is 10.0. The van der Waals surface area contributed by atoms with Gasteiger partial charge in [-0.3, -0.25) is 4.79 Å². The third kappa shape index (κ3) is 2.27. The van der Waals surface area contributed by atoms with Crippen LogP contribution in [0.3, 0.4) is 0 Å². The van der Waals surface area contributed by atoms with Crippen LogP contribution in [0.1, 0.15) is 31.4 Å². The SMILES string of the molecule is Cc1cccc(C)c1N1CCCNC(C)(C)C1=O. The molecule has 3 heteroatoms. The molecule has 1 aliphatic rings. The summed E-state index contributed by atoms with van der Waals surface area (Å²) in [7, 11) is 0. The van der Waals surface area contributed by atoms with Crippen molar-refractivity contribution in [1.82, 2.24) is 5.32 Å². The van der Waals surface area contributed by atoms with Crippen LogP contribution < -0.4 is 10.2 Å². The Morgan fingerprint density at radius 1 is 1.22 bits per heavy atom. The number of benzene rings is 1. The summed E-state index contributed by atoms with van der Waals surface area (Å²) in [6, 6.07) is 6.18. The monoisotopic (exact) mass is 246 g/mol. The van der Waals surface area contributed by atoms with E-state index < -0.39 is 5.54 Å². The van der Waals surface area contributed by atoms with Crippen LogP contribution in [0.5, 0.6) is 0 Å². The molecule has 1 aromatic carbocycles. The number of nitrogens with zero attached hydrogens (tertiary/aromatic N) is 1. The first-order valence-corrected chi connectivity index (χ1v) is 6.57. The number of carbonyl (C=O) groups excluding carboxylic acids is 1. The fourth-order valence-corrected chi connectivity index (χ4v) is 2.60. The molecule has 1 aliphatic heterocycles. The number of para-hydroxylation sites is 1. The Kier molecular flexibility index (Phi) is 3.44. The molecular formula is C15H22N2O. The quantitative estimate of drug-likeness (QED) is 0.825. The van der Waals surface area contributed by atoms with Gasteiger partial charge in [-0.1, -0.05) is 18.2 Å². The number of hydrogen-bond donors (Lipinski definition) is 1. The first-order chi connectivity index (χ1) is 8.43. The molecular weight excluding hydrogens is 224 g/mol. The average Bonchev–Trinajstić information content (AvgIpc) is 2.41. The molecule has 0 aliphatic carbocycles. The van der Waals surface area contributed by atoms with Gasteiger partial charge in [0.2, 0.25) is 5.91 Å². The molecule has 1 heterocycles. The van der Waals surface area contributed by atoms with Crippen molar-refractivity contribution >= 4 is 11.6 Å². The van der Waals surface area contributed by atoms with Crippen molar-refractivity contribution < 1.29 is 4.79 Å². The van der Waals surface area contributed by atoms with Gasteiger partial charge in [-0.15, -0.1) is 0 Å². The third-order valence-corrected chi connectivity index (χ3v) is 3.61. The highest BCUT2D eigenvalue weighted by molar-refractivity contribution is 6.01. The summed E-state index contributed by atoms with van der Waals surface area (Å²) in [5, 5.41) is 3.32. The van der Waals surface area contributed by atoms with Crippen LogP contribution in [0.2, 0.25) is 0 Å². The molecule has 0 aromatic heterocycles. The zero-order chi connectivity index (χ0) is 13.3. The first-order valence-electron chi connectivity index (χ1n) is 6.57. The van der Waals surface area contributed by atoms with Crippen LogP contribution in [0.25, 0.3) is 0 Å². The molecule has 98 valence electrons. The highest BCUT2D eigenvalue weighted by Crippen LogP contribution is 2.28. The van der Waals surface area contributed by atoms with Crippen molar-refractivity contribution in [2.75, 3.05) is 18.0 Å². The van der Waals surface area contributed by atoms with Crippen LogP contribution in [-0.2, 0) is 4.79 Å². The highest BCUT2D eigenvalue weighted by Gasteiger charge is 2.35. The summed E-state index contributed by atoms with van der Waals surface area (Å²) in [5.74, 6) is 0.164. The maximum atomic E-state index is 12.6. The van der Waals surface area contributed by atoms with E-state index in [1.165, 1.54) is 11.1 Å². The summed E-state index contributed by atoms with van der Waals surface area (Å²) in [6.07, 6.45) is 0.989. The topological polar surface area (TPSA) is 32.3 Å². The molecule has 1 amide bonds. The van der Waals surface area contributed by atoms with E-state index in [9.17, 15) is 4.79 Å². The second kappa shape index (κ2) is 4.73. The summed E-state index contributed by atoms with van der Waals surface area (Å²) < 4.78 is 0. The normalized spacial score (nSPS) is 19.8. The lowest BCUT2D eigenvalue weighted by Crippen LogP contribution is -2.52. The average molecular weight is 246 g/mol. The number of carbonyl (C=O) groups is 1. The van der Waals surface area contributed by atoms with E-state index in [0.29, 0.717) is 0 Å². The second-order valence-electron chi connectivity index (χ2n) is 5.60. The van der Waals surface area contributed by atoms with Crippen LogP contribution in [0.15, 0.2) is 18.2 Å². The molecule has 0 bridgehead atoms. The molecule has 0 saturated carbocycles.